The van der Waals surface area contributed by atoms with Crippen molar-refractivity contribution in [2.45, 2.75) is 18.0 Å². The van der Waals surface area contributed by atoms with Gasteiger partial charge in [-0.2, -0.15) is 8.42 Å². The molecule has 0 aliphatic carbocycles. The van der Waals surface area contributed by atoms with E-state index in [1.165, 1.54) is 6.07 Å². The van der Waals surface area contributed by atoms with Crippen LogP contribution in [0.15, 0.2) is 21.8 Å². The van der Waals surface area contributed by atoms with E-state index in [1.54, 1.807) is 6.07 Å². The van der Waals surface area contributed by atoms with E-state index in [1.807, 2.05) is 11.9 Å². The predicted octanol–water partition coefficient (Wildman–Crippen LogP) is 1.37. The summed E-state index contributed by atoms with van der Waals surface area (Å²) in [7, 11) is -2.64. The van der Waals surface area contributed by atoms with Crippen LogP contribution in [0, 0.1) is 0 Å². The van der Waals surface area contributed by atoms with E-state index in [0.29, 0.717) is 29.0 Å². The molecule has 0 atom stereocenters. The molecule has 0 saturated heterocycles. The van der Waals surface area contributed by atoms with Gasteiger partial charge in [-0.25, -0.2) is 0 Å². The summed E-state index contributed by atoms with van der Waals surface area (Å²) in [6.07, 6.45) is 0. The summed E-state index contributed by atoms with van der Waals surface area (Å²) >= 11 is 6.18. The fourth-order valence-corrected chi connectivity index (χ4v) is 3.38. The molecule has 106 valence electrons. The van der Waals surface area contributed by atoms with Crippen LogP contribution in [0.3, 0.4) is 0 Å². The van der Waals surface area contributed by atoms with E-state index in [9.17, 15) is 13.2 Å². The van der Waals surface area contributed by atoms with Crippen LogP contribution in [0.2, 0.25) is 5.02 Å². The van der Waals surface area contributed by atoms with Crippen LogP contribution in [0.4, 0.5) is 0 Å². The molecule has 0 amide bonds. The molecular weight excluding hydrogens is 304 g/mol. The highest BCUT2D eigenvalue weighted by atomic mass is 35.5. The van der Waals surface area contributed by atoms with Crippen molar-refractivity contribution in [3.63, 3.8) is 0 Å². The van der Waals surface area contributed by atoms with Gasteiger partial charge in [0.15, 0.2) is 4.90 Å². The summed E-state index contributed by atoms with van der Waals surface area (Å²) in [6.45, 7) is 1.26. The standard InChI is InChI=1S/C12H11ClN2O4S/c1-15-4-7-6-2-11(20(17,18)19)12(16)14-10(6)3-9(13)8(7)5-15/h2-3H,4-5H2,1H3,(H,14,16)(H,17,18,19). The van der Waals surface area contributed by atoms with Crippen LogP contribution < -0.4 is 5.56 Å². The van der Waals surface area contributed by atoms with E-state index in [0.717, 1.165) is 11.1 Å². The maximum Gasteiger partial charge on any atom is 0.300 e. The molecule has 8 heteroatoms. The van der Waals surface area contributed by atoms with Crippen molar-refractivity contribution in [1.29, 1.82) is 0 Å². The number of pyridine rings is 1. The molecule has 0 bridgehead atoms. The minimum atomic E-state index is -4.56. The minimum Gasteiger partial charge on any atom is -0.321 e. The lowest BCUT2D eigenvalue weighted by atomic mass is 10.0. The quantitative estimate of drug-likeness (QED) is 0.776. The van der Waals surface area contributed by atoms with Gasteiger partial charge in [-0.3, -0.25) is 14.2 Å². The van der Waals surface area contributed by atoms with Gasteiger partial charge < -0.3 is 4.98 Å². The molecule has 6 nitrogen and oxygen atoms in total. The Bertz CT molecular complexity index is 888. The van der Waals surface area contributed by atoms with Crippen molar-refractivity contribution in [2.75, 3.05) is 7.05 Å². The number of rotatable bonds is 1. The third-order valence-electron chi connectivity index (χ3n) is 3.42. The lowest BCUT2D eigenvalue weighted by molar-refractivity contribution is 0.353. The topological polar surface area (TPSA) is 90.5 Å². The Hall–Kier alpha value is -1.41. The van der Waals surface area contributed by atoms with E-state index in [4.69, 9.17) is 16.2 Å². The molecule has 1 aromatic heterocycles. The second kappa shape index (κ2) is 4.29. The normalized spacial score (nSPS) is 15.8. The number of hydrogen-bond acceptors (Lipinski definition) is 4. The molecule has 2 N–H and O–H groups in total. The smallest absolute Gasteiger partial charge is 0.300 e. The van der Waals surface area contributed by atoms with Gasteiger partial charge in [0, 0.05) is 23.5 Å². The highest BCUT2D eigenvalue weighted by Crippen LogP contribution is 2.34. The zero-order valence-electron chi connectivity index (χ0n) is 10.5. The molecular formula is C12H11ClN2O4S. The van der Waals surface area contributed by atoms with Crippen molar-refractivity contribution in [3.05, 3.63) is 38.6 Å². The van der Waals surface area contributed by atoms with Crippen molar-refractivity contribution in [3.8, 4) is 0 Å². The molecule has 0 unspecified atom stereocenters. The zero-order chi connectivity index (χ0) is 14.7. The van der Waals surface area contributed by atoms with Crippen molar-refractivity contribution < 1.29 is 13.0 Å². The minimum absolute atomic E-state index is 0.460. The molecule has 0 saturated carbocycles. The van der Waals surface area contributed by atoms with Gasteiger partial charge in [-0.05, 0) is 30.3 Å². The van der Waals surface area contributed by atoms with Gasteiger partial charge in [-0.1, -0.05) is 11.6 Å². The fourth-order valence-electron chi connectivity index (χ4n) is 2.55. The highest BCUT2D eigenvalue weighted by molar-refractivity contribution is 7.85. The number of aromatic amines is 1. The lowest BCUT2D eigenvalue weighted by Gasteiger charge is -2.08. The van der Waals surface area contributed by atoms with Crippen molar-refractivity contribution in [1.82, 2.24) is 9.88 Å². The number of hydrogen-bond donors (Lipinski definition) is 2. The molecule has 2 heterocycles. The molecule has 0 radical (unpaired) electrons. The first-order chi connectivity index (χ1) is 9.27. The number of benzene rings is 1. The number of halogens is 1. The van der Waals surface area contributed by atoms with Crippen molar-refractivity contribution >= 4 is 32.6 Å². The lowest BCUT2D eigenvalue weighted by Crippen LogP contribution is -2.17. The summed E-state index contributed by atoms with van der Waals surface area (Å²) in [5, 5.41) is 1.12. The molecule has 1 aliphatic heterocycles. The number of nitrogens with one attached hydrogen (secondary N) is 1. The Morgan fingerprint density at radius 2 is 1.95 bits per heavy atom. The molecule has 1 aliphatic rings. The molecule has 1 aromatic carbocycles. The van der Waals surface area contributed by atoms with Gasteiger partial charge in [0.2, 0.25) is 0 Å². The Kier molecular flexibility index (Phi) is 2.91. The monoisotopic (exact) mass is 314 g/mol. The second-order valence-electron chi connectivity index (χ2n) is 4.89. The first-order valence-electron chi connectivity index (χ1n) is 5.80. The summed E-state index contributed by atoms with van der Waals surface area (Å²) in [6, 6.07) is 2.81. The summed E-state index contributed by atoms with van der Waals surface area (Å²) in [5.41, 5.74) is 1.38. The first kappa shape index (κ1) is 13.6. The van der Waals surface area contributed by atoms with E-state index >= 15 is 0 Å². The Morgan fingerprint density at radius 3 is 2.60 bits per heavy atom. The third-order valence-corrected chi connectivity index (χ3v) is 4.62. The number of aromatic nitrogens is 1. The summed E-state index contributed by atoms with van der Waals surface area (Å²) in [5.74, 6) is 0. The average Bonchev–Trinajstić information content (AvgIpc) is 2.69. The van der Waals surface area contributed by atoms with Crippen LogP contribution in [-0.2, 0) is 23.2 Å². The van der Waals surface area contributed by atoms with Crippen LogP contribution in [0.5, 0.6) is 0 Å². The third kappa shape index (κ3) is 2.03. The van der Waals surface area contributed by atoms with Crippen LogP contribution in [0.1, 0.15) is 11.1 Å². The molecule has 2 aromatic rings. The molecule has 0 fully saturated rings. The van der Waals surface area contributed by atoms with Gasteiger partial charge in [0.25, 0.3) is 15.7 Å². The van der Waals surface area contributed by atoms with Crippen molar-refractivity contribution in [2.24, 2.45) is 0 Å². The molecule has 3 rings (SSSR count). The predicted molar refractivity (Wildman–Crippen MR) is 74.6 cm³/mol. The SMILES string of the molecule is CN1Cc2c(Cl)cc3[nH]c(=O)c(S(=O)(=O)O)cc3c2C1. The maximum absolute atomic E-state index is 11.7. The Labute approximate surface area is 119 Å². The van der Waals surface area contributed by atoms with E-state index in [2.05, 4.69) is 4.98 Å². The average molecular weight is 315 g/mol. The van der Waals surface area contributed by atoms with Gasteiger partial charge in [0.05, 0.1) is 5.52 Å². The molecule has 20 heavy (non-hydrogen) atoms. The highest BCUT2D eigenvalue weighted by Gasteiger charge is 2.24. The van der Waals surface area contributed by atoms with Crippen LogP contribution in [-0.4, -0.2) is 29.9 Å². The summed E-state index contributed by atoms with van der Waals surface area (Å²) in [4.78, 5) is 15.5. The Balaban J connectivity index is 2.43. The molecule has 0 spiro atoms. The maximum atomic E-state index is 11.7. The largest absolute Gasteiger partial charge is 0.321 e. The fraction of sp³-hybridized carbons (Fsp3) is 0.250. The second-order valence-corrected chi connectivity index (χ2v) is 6.68. The van der Waals surface area contributed by atoms with Crippen LogP contribution >= 0.6 is 11.6 Å². The van der Waals surface area contributed by atoms with Gasteiger partial charge in [-0.15, -0.1) is 0 Å². The zero-order valence-corrected chi connectivity index (χ0v) is 12.0. The summed E-state index contributed by atoms with van der Waals surface area (Å²) < 4.78 is 31.6. The number of H-pyrrole nitrogens is 1. The number of nitrogens with zero attached hydrogens (tertiary/aromatic N) is 1. The first-order valence-corrected chi connectivity index (χ1v) is 7.62. The van der Waals surface area contributed by atoms with Gasteiger partial charge >= 0.3 is 0 Å². The van der Waals surface area contributed by atoms with E-state index < -0.39 is 20.6 Å². The number of fused-ring (bicyclic) bond motifs is 3. The Morgan fingerprint density at radius 1 is 1.30 bits per heavy atom. The van der Waals surface area contributed by atoms with Crippen LogP contribution in [0.25, 0.3) is 10.9 Å². The van der Waals surface area contributed by atoms with E-state index in [-0.39, 0.29) is 0 Å². The van der Waals surface area contributed by atoms with Gasteiger partial charge in [0.1, 0.15) is 0 Å².